The second-order valence-electron chi connectivity index (χ2n) is 5.02. The van der Waals surface area contributed by atoms with Crippen LogP contribution in [0.3, 0.4) is 0 Å². The monoisotopic (exact) mass is 241 g/mol. The van der Waals surface area contributed by atoms with Crippen LogP contribution in [0.5, 0.6) is 0 Å². The maximum absolute atomic E-state index is 11.6. The lowest BCUT2D eigenvalue weighted by atomic mass is 10.2. The summed E-state index contributed by atoms with van der Waals surface area (Å²) in [5.74, 6) is 0.720. The zero-order valence-electron chi connectivity index (χ0n) is 11.0. The van der Waals surface area contributed by atoms with E-state index in [4.69, 9.17) is 0 Å². The SMILES string of the molecule is CC(C)CNCCCN1CC(=O)N(C)CC1=O. The fourth-order valence-corrected chi connectivity index (χ4v) is 1.75. The van der Waals surface area contributed by atoms with Gasteiger partial charge in [-0.1, -0.05) is 13.8 Å². The molecule has 2 amide bonds. The van der Waals surface area contributed by atoms with Crippen molar-refractivity contribution in [3.8, 4) is 0 Å². The molecule has 0 unspecified atom stereocenters. The standard InChI is InChI=1S/C12H23N3O2/c1-10(2)7-13-5-4-6-15-9-11(16)14(3)8-12(15)17/h10,13H,4-9H2,1-3H3. The maximum atomic E-state index is 11.6. The minimum Gasteiger partial charge on any atom is -0.335 e. The Morgan fingerprint density at radius 3 is 2.59 bits per heavy atom. The molecule has 5 heteroatoms. The molecule has 0 aromatic rings. The Balaban J connectivity index is 2.18. The van der Waals surface area contributed by atoms with Gasteiger partial charge in [0.1, 0.15) is 0 Å². The largest absolute Gasteiger partial charge is 0.335 e. The van der Waals surface area contributed by atoms with Crippen LogP contribution in [0.4, 0.5) is 0 Å². The third-order valence-electron chi connectivity index (χ3n) is 2.81. The lowest BCUT2D eigenvalue weighted by Crippen LogP contribution is -2.52. The highest BCUT2D eigenvalue weighted by molar-refractivity contribution is 5.92. The zero-order chi connectivity index (χ0) is 12.8. The number of rotatable bonds is 6. The summed E-state index contributed by atoms with van der Waals surface area (Å²) in [4.78, 5) is 26.2. The van der Waals surface area contributed by atoms with Gasteiger partial charge in [0.2, 0.25) is 11.8 Å². The summed E-state index contributed by atoms with van der Waals surface area (Å²) < 4.78 is 0. The molecular formula is C12H23N3O2. The van der Waals surface area contributed by atoms with E-state index in [-0.39, 0.29) is 24.9 Å². The Morgan fingerprint density at radius 1 is 1.24 bits per heavy atom. The molecule has 0 spiro atoms. The van der Waals surface area contributed by atoms with Gasteiger partial charge in [0, 0.05) is 13.6 Å². The van der Waals surface area contributed by atoms with Crippen LogP contribution in [-0.4, -0.2) is 61.4 Å². The van der Waals surface area contributed by atoms with Crippen LogP contribution in [0.2, 0.25) is 0 Å². The third kappa shape index (κ3) is 4.73. The van der Waals surface area contributed by atoms with Crippen molar-refractivity contribution in [1.29, 1.82) is 0 Å². The molecule has 1 aliphatic rings. The molecule has 0 atom stereocenters. The van der Waals surface area contributed by atoms with Crippen molar-refractivity contribution in [3.05, 3.63) is 0 Å². The lowest BCUT2D eigenvalue weighted by Gasteiger charge is -2.31. The van der Waals surface area contributed by atoms with Gasteiger partial charge < -0.3 is 15.1 Å². The van der Waals surface area contributed by atoms with Crippen LogP contribution in [0.1, 0.15) is 20.3 Å². The highest BCUT2D eigenvalue weighted by Crippen LogP contribution is 2.03. The number of hydrogen-bond donors (Lipinski definition) is 1. The number of carbonyl (C=O) groups excluding carboxylic acids is 2. The van der Waals surface area contributed by atoms with E-state index in [0.717, 1.165) is 19.5 Å². The van der Waals surface area contributed by atoms with Gasteiger partial charge in [-0.25, -0.2) is 0 Å². The van der Waals surface area contributed by atoms with Crippen LogP contribution < -0.4 is 5.32 Å². The van der Waals surface area contributed by atoms with E-state index in [0.29, 0.717) is 12.5 Å². The van der Waals surface area contributed by atoms with E-state index in [1.165, 1.54) is 4.90 Å². The Kier molecular flexibility index (Phi) is 5.41. The molecule has 1 N–H and O–H groups in total. The summed E-state index contributed by atoms with van der Waals surface area (Å²) in [6, 6.07) is 0. The van der Waals surface area contributed by atoms with Crippen LogP contribution in [0.25, 0.3) is 0 Å². The van der Waals surface area contributed by atoms with E-state index >= 15 is 0 Å². The number of likely N-dealkylation sites (N-methyl/N-ethyl adjacent to an activating group) is 1. The molecule has 17 heavy (non-hydrogen) atoms. The molecule has 0 saturated carbocycles. The Labute approximate surface area is 103 Å². The molecule has 1 heterocycles. The van der Waals surface area contributed by atoms with E-state index in [1.54, 1.807) is 11.9 Å². The third-order valence-corrected chi connectivity index (χ3v) is 2.81. The van der Waals surface area contributed by atoms with Crippen molar-refractivity contribution in [1.82, 2.24) is 15.1 Å². The summed E-state index contributed by atoms with van der Waals surface area (Å²) in [6.45, 7) is 7.34. The van der Waals surface area contributed by atoms with Crippen LogP contribution in [-0.2, 0) is 9.59 Å². The molecular weight excluding hydrogens is 218 g/mol. The number of carbonyl (C=O) groups is 2. The molecule has 5 nitrogen and oxygen atoms in total. The maximum Gasteiger partial charge on any atom is 0.242 e. The molecule has 1 aliphatic heterocycles. The van der Waals surface area contributed by atoms with Gasteiger partial charge in [0.25, 0.3) is 0 Å². The van der Waals surface area contributed by atoms with Crippen molar-refractivity contribution >= 4 is 11.8 Å². The van der Waals surface area contributed by atoms with Gasteiger partial charge in [-0.05, 0) is 25.4 Å². The fraction of sp³-hybridized carbons (Fsp3) is 0.833. The summed E-state index contributed by atoms with van der Waals surface area (Å²) in [7, 11) is 1.67. The van der Waals surface area contributed by atoms with Crippen LogP contribution >= 0.6 is 0 Å². The van der Waals surface area contributed by atoms with Gasteiger partial charge in [0.15, 0.2) is 0 Å². The molecule has 0 aliphatic carbocycles. The van der Waals surface area contributed by atoms with Gasteiger partial charge in [-0.2, -0.15) is 0 Å². The van der Waals surface area contributed by atoms with Crippen molar-refractivity contribution in [2.24, 2.45) is 5.92 Å². The molecule has 0 bridgehead atoms. The first-order chi connectivity index (χ1) is 8.00. The number of hydrogen-bond acceptors (Lipinski definition) is 3. The highest BCUT2D eigenvalue weighted by atomic mass is 16.2. The Bertz CT molecular complexity index is 279. The minimum atomic E-state index is 0.0275. The van der Waals surface area contributed by atoms with Gasteiger partial charge in [-0.3, -0.25) is 9.59 Å². The first-order valence-corrected chi connectivity index (χ1v) is 6.23. The smallest absolute Gasteiger partial charge is 0.242 e. The average molecular weight is 241 g/mol. The molecule has 0 aromatic carbocycles. The Morgan fingerprint density at radius 2 is 1.94 bits per heavy atom. The predicted octanol–water partition coefficient (Wildman–Crippen LogP) is -0.0773. The molecule has 1 saturated heterocycles. The summed E-state index contributed by atoms with van der Waals surface area (Å²) in [5.41, 5.74) is 0. The van der Waals surface area contributed by atoms with Crippen molar-refractivity contribution < 1.29 is 9.59 Å². The lowest BCUT2D eigenvalue weighted by molar-refractivity contribution is -0.148. The molecule has 0 aromatic heterocycles. The predicted molar refractivity (Wildman–Crippen MR) is 66.5 cm³/mol. The minimum absolute atomic E-state index is 0.0275. The number of piperazine rings is 1. The second kappa shape index (κ2) is 6.59. The molecule has 1 rings (SSSR count). The van der Waals surface area contributed by atoms with E-state index < -0.39 is 0 Å². The van der Waals surface area contributed by atoms with Crippen molar-refractivity contribution in [2.75, 3.05) is 39.8 Å². The molecule has 1 fully saturated rings. The highest BCUT2D eigenvalue weighted by Gasteiger charge is 2.26. The molecule has 98 valence electrons. The summed E-state index contributed by atoms with van der Waals surface area (Å²) in [6.07, 6.45) is 0.898. The topological polar surface area (TPSA) is 52.7 Å². The zero-order valence-corrected chi connectivity index (χ0v) is 11.0. The molecule has 0 radical (unpaired) electrons. The van der Waals surface area contributed by atoms with Gasteiger partial charge in [0.05, 0.1) is 13.1 Å². The number of nitrogens with zero attached hydrogens (tertiary/aromatic N) is 2. The van der Waals surface area contributed by atoms with Crippen LogP contribution in [0.15, 0.2) is 0 Å². The van der Waals surface area contributed by atoms with E-state index in [1.807, 2.05) is 0 Å². The second-order valence-corrected chi connectivity index (χ2v) is 5.02. The van der Waals surface area contributed by atoms with Crippen LogP contribution in [0, 0.1) is 5.92 Å². The average Bonchev–Trinajstić information content (AvgIpc) is 2.24. The van der Waals surface area contributed by atoms with Crippen molar-refractivity contribution in [3.63, 3.8) is 0 Å². The van der Waals surface area contributed by atoms with E-state index in [9.17, 15) is 9.59 Å². The van der Waals surface area contributed by atoms with Crippen molar-refractivity contribution in [2.45, 2.75) is 20.3 Å². The van der Waals surface area contributed by atoms with E-state index in [2.05, 4.69) is 19.2 Å². The summed E-state index contributed by atoms with van der Waals surface area (Å²) in [5, 5.41) is 3.33. The normalized spacial score (nSPS) is 17.2. The Hall–Kier alpha value is -1.10. The summed E-state index contributed by atoms with van der Waals surface area (Å²) >= 11 is 0. The first-order valence-electron chi connectivity index (χ1n) is 6.23. The van der Waals surface area contributed by atoms with Gasteiger partial charge in [-0.15, -0.1) is 0 Å². The number of amides is 2. The first kappa shape index (κ1) is 14.0. The number of nitrogens with one attached hydrogen (secondary N) is 1. The van der Waals surface area contributed by atoms with Gasteiger partial charge >= 0.3 is 0 Å². The fourth-order valence-electron chi connectivity index (χ4n) is 1.75. The quantitative estimate of drug-likeness (QED) is 0.662.